The van der Waals surface area contributed by atoms with E-state index in [9.17, 15) is 9.18 Å². The third-order valence-corrected chi connectivity index (χ3v) is 4.41. The number of carbonyl (C=O) groups excluding carboxylic acids is 1. The van der Waals surface area contributed by atoms with Crippen molar-refractivity contribution < 1.29 is 13.9 Å². The first-order valence-corrected chi connectivity index (χ1v) is 8.28. The van der Waals surface area contributed by atoms with Crippen molar-refractivity contribution >= 4 is 16.8 Å². The summed E-state index contributed by atoms with van der Waals surface area (Å²) in [5.41, 5.74) is 2.33. The third kappa shape index (κ3) is 3.25. The van der Waals surface area contributed by atoms with Crippen molar-refractivity contribution in [3.63, 3.8) is 0 Å². The Kier molecular flexibility index (Phi) is 4.19. The normalized spacial score (nSPS) is 14.8. The standard InChI is InChI=1S/C19H18FN3O2/c20-17-3-1-2-14(10-17)13-23-18-11-15(4-5-16(18)12-21-23)19(24)22-6-8-25-9-7-22/h1-5,10-12H,6-9,13H2. The van der Waals surface area contributed by atoms with Gasteiger partial charge in [-0.2, -0.15) is 5.10 Å². The number of aromatic nitrogens is 2. The molecule has 1 saturated heterocycles. The lowest BCUT2D eigenvalue weighted by molar-refractivity contribution is 0.0303. The molecule has 1 amide bonds. The Hall–Kier alpha value is -2.73. The lowest BCUT2D eigenvalue weighted by Crippen LogP contribution is -2.40. The molecular formula is C19H18FN3O2. The Morgan fingerprint density at radius 3 is 2.80 bits per heavy atom. The highest BCUT2D eigenvalue weighted by atomic mass is 19.1. The molecule has 5 nitrogen and oxygen atoms in total. The average Bonchev–Trinajstić information content (AvgIpc) is 3.04. The van der Waals surface area contributed by atoms with Crippen molar-refractivity contribution in [2.45, 2.75) is 6.54 Å². The minimum atomic E-state index is -0.267. The molecule has 0 atom stereocenters. The number of amides is 1. The topological polar surface area (TPSA) is 47.4 Å². The van der Waals surface area contributed by atoms with Crippen LogP contribution in [0.15, 0.2) is 48.7 Å². The summed E-state index contributed by atoms with van der Waals surface area (Å²) < 4.78 is 20.5. The molecule has 128 valence electrons. The van der Waals surface area contributed by atoms with Gasteiger partial charge in [-0.05, 0) is 29.8 Å². The van der Waals surface area contributed by atoms with Crippen LogP contribution in [0.4, 0.5) is 4.39 Å². The predicted molar refractivity (Wildman–Crippen MR) is 92.0 cm³/mol. The van der Waals surface area contributed by atoms with Gasteiger partial charge in [-0.3, -0.25) is 9.48 Å². The van der Waals surface area contributed by atoms with E-state index in [1.54, 1.807) is 21.8 Å². The van der Waals surface area contributed by atoms with Gasteiger partial charge < -0.3 is 9.64 Å². The molecule has 0 bridgehead atoms. The minimum Gasteiger partial charge on any atom is -0.378 e. The zero-order valence-corrected chi connectivity index (χ0v) is 13.7. The zero-order valence-electron chi connectivity index (χ0n) is 13.7. The van der Waals surface area contributed by atoms with E-state index in [4.69, 9.17) is 4.74 Å². The maximum Gasteiger partial charge on any atom is 0.254 e. The van der Waals surface area contributed by atoms with Gasteiger partial charge in [-0.25, -0.2) is 4.39 Å². The number of ether oxygens (including phenoxy) is 1. The summed E-state index contributed by atoms with van der Waals surface area (Å²) in [5, 5.41) is 5.34. The van der Waals surface area contributed by atoms with Gasteiger partial charge in [-0.1, -0.05) is 18.2 Å². The number of hydrogen-bond donors (Lipinski definition) is 0. The van der Waals surface area contributed by atoms with Crippen molar-refractivity contribution in [1.29, 1.82) is 0 Å². The van der Waals surface area contributed by atoms with Gasteiger partial charge in [0.05, 0.1) is 31.5 Å². The number of halogens is 1. The largest absolute Gasteiger partial charge is 0.378 e. The highest BCUT2D eigenvalue weighted by molar-refractivity contribution is 5.97. The van der Waals surface area contributed by atoms with Gasteiger partial charge in [-0.15, -0.1) is 0 Å². The Bertz CT molecular complexity index is 916. The van der Waals surface area contributed by atoms with Crippen LogP contribution in [-0.2, 0) is 11.3 Å². The monoisotopic (exact) mass is 339 g/mol. The molecule has 0 N–H and O–H groups in total. The molecule has 0 saturated carbocycles. The van der Waals surface area contributed by atoms with Crippen LogP contribution in [0.5, 0.6) is 0 Å². The fraction of sp³-hybridized carbons (Fsp3) is 0.263. The predicted octanol–water partition coefficient (Wildman–Crippen LogP) is 2.70. The molecule has 0 spiro atoms. The highest BCUT2D eigenvalue weighted by Crippen LogP contribution is 2.19. The molecule has 0 aliphatic carbocycles. The number of carbonyl (C=O) groups is 1. The molecule has 0 unspecified atom stereocenters. The molecule has 2 heterocycles. The van der Waals surface area contributed by atoms with Gasteiger partial charge in [0.25, 0.3) is 5.91 Å². The van der Waals surface area contributed by atoms with E-state index in [1.165, 1.54) is 12.1 Å². The number of benzene rings is 2. The molecule has 1 fully saturated rings. The Labute approximate surface area is 144 Å². The lowest BCUT2D eigenvalue weighted by atomic mass is 10.1. The summed E-state index contributed by atoms with van der Waals surface area (Å²) in [6, 6.07) is 12.1. The second kappa shape index (κ2) is 6.64. The number of hydrogen-bond acceptors (Lipinski definition) is 3. The van der Waals surface area contributed by atoms with Crippen molar-refractivity contribution in [2.75, 3.05) is 26.3 Å². The van der Waals surface area contributed by atoms with E-state index < -0.39 is 0 Å². The number of fused-ring (bicyclic) bond motifs is 1. The smallest absolute Gasteiger partial charge is 0.254 e. The maximum absolute atomic E-state index is 13.4. The van der Waals surface area contributed by atoms with Crippen molar-refractivity contribution in [1.82, 2.24) is 14.7 Å². The molecule has 4 rings (SSSR count). The fourth-order valence-corrected chi connectivity index (χ4v) is 3.09. The molecule has 25 heavy (non-hydrogen) atoms. The zero-order chi connectivity index (χ0) is 17.2. The van der Waals surface area contributed by atoms with Crippen molar-refractivity contribution in [2.24, 2.45) is 0 Å². The Morgan fingerprint density at radius 1 is 1.16 bits per heavy atom. The first kappa shape index (κ1) is 15.8. The summed E-state index contributed by atoms with van der Waals surface area (Å²) in [4.78, 5) is 14.5. The average molecular weight is 339 g/mol. The maximum atomic E-state index is 13.4. The quantitative estimate of drug-likeness (QED) is 0.737. The van der Waals surface area contributed by atoms with Crippen molar-refractivity contribution in [3.8, 4) is 0 Å². The summed E-state index contributed by atoms with van der Waals surface area (Å²) in [6.07, 6.45) is 1.76. The van der Waals surface area contributed by atoms with Crippen LogP contribution in [-0.4, -0.2) is 46.9 Å². The van der Waals surface area contributed by atoms with Crippen LogP contribution in [0.2, 0.25) is 0 Å². The summed E-state index contributed by atoms with van der Waals surface area (Å²) >= 11 is 0. The molecule has 3 aromatic rings. The summed E-state index contributed by atoms with van der Waals surface area (Å²) in [6.45, 7) is 2.83. The van der Waals surface area contributed by atoms with Gasteiger partial charge in [0.2, 0.25) is 0 Å². The first-order valence-electron chi connectivity index (χ1n) is 8.28. The summed E-state index contributed by atoms with van der Waals surface area (Å²) in [5.74, 6) is -0.263. The number of rotatable bonds is 3. The second-order valence-corrected chi connectivity index (χ2v) is 6.11. The van der Waals surface area contributed by atoms with Gasteiger partial charge >= 0.3 is 0 Å². The fourth-order valence-electron chi connectivity index (χ4n) is 3.09. The lowest BCUT2D eigenvalue weighted by Gasteiger charge is -2.26. The molecule has 1 aliphatic heterocycles. The molecule has 1 aromatic heterocycles. The van der Waals surface area contributed by atoms with Gasteiger partial charge in [0.1, 0.15) is 5.82 Å². The van der Waals surface area contributed by atoms with Gasteiger partial charge in [0, 0.05) is 24.0 Å². The van der Waals surface area contributed by atoms with Crippen LogP contribution in [0.25, 0.3) is 10.9 Å². The number of morpholine rings is 1. The molecular weight excluding hydrogens is 321 g/mol. The Morgan fingerprint density at radius 2 is 2.00 bits per heavy atom. The van der Waals surface area contributed by atoms with E-state index >= 15 is 0 Å². The molecule has 6 heteroatoms. The van der Waals surface area contributed by atoms with Crippen LogP contribution >= 0.6 is 0 Å². The van der Waals surface area contributed by atoms with E-state index in [0.29, 0.717) is 38.4 Å². The van der Waals surface area contributed by atoms with E-state index in [2.05, 4.69) is 5.10 Å². The molecule has 0 radical (unpaired) electrons. The van der Waals surface area contributed by atoms with Crippen molar-refractivity contribution in [3.05, 3.63) is 65.6 Å². The van der Waals surface area contributed by atoms with E-state index in [0.717, 1.165) is 16.5 Å². The van der Waals surface area contributed by atoms with Crippen LogP contribution in [0, 0.1) is 5.82 Å². The third-order valence-electron chi connectivity index (χ3n) is 4.41. The van der Waals surface area contributed by atoms with E-state index in [1.807, 2.05) is 24.3 Å². The minimum absolute atomic E-state index is 0.00343. The van der Waals surface area contributed by atoms with Gasteiger partial charge in [0.15, 0.2) is 0 Å². The molecule has 1 aliphatic rings. The van der Waals surface area contributed by atoms with Crippen LogP contribution in [0.3, 0.4) is 0 Å². The van der Waals surface area contributed by atoms with Crippen LogP contribution < -0.4 is 0 Å². The first-order chi connectivity index (χ1) is 12.2. The van der Waals surface area contributed by atoms with Crippen LogP contribution in [0.1, 0.15) is 15.9 Å². The number of nitrogens with zero attached hydrogens (tertiary/aromatic N) is 3. The van der Waals surface area contributed by atoms with E-state index in [-0.39, 0.29) is 11.7 Å². The second-order valence-electron chi connectivity index (χ2n) is 6.11. The highest BCUT2D eigenvalue weighted by Gasteiger charge is 2.19. The molecule has 2 aromatic carbocycles. The SMILES string of the molecule is O=C(c1ccc2cnn(Cc3cccc(F)c3)c2c1)N1CCOCC1. The summed E-state index contributed by atoms with van der Waals surface area (Å²) in [7, 11) is 0. The Balaban J connectivity index is 1.64.